The van der Waals surface area contributed by atoms with E-state index in [1.165, 1.54) is 0 Å². The molecule has 2 aliphatic rings. The predicted octanol–water partition coefficient (Wildman–Crippen LogP) is -0.523. The molecule has 3 atom stereocenters. The number of rotatable bonds is 4. The van der Waals surface area contributed by atoms with Gasteiger partial charge in [-0.2, -0.15) is 0 Å². The zero-order valence-electron chi connectivity index (χ0n) is 11.4. The summed E-state index contributed by atoms with van der Waals surface area (Å²) < 4.78 is 4.95. The molecule has 2 saturated heterocycles. The van der Waals surface area contributed by atoms with Crippen molar-refractivity contribution >= 4 is 11.8 Å². The van der Waals surface area contributed by atoms with Gasteiger partial charge in [0.2, 0.25) is 11.8 Å². The topological polar surface area (TPSA) is 84.7 Å². The van der Waals surface area contributed by atoms with Gasteiger partial charge in [0, 0.05) is 39.3 Å². The van der Waals surface area contributed by atoms with Crippen molar-refractivity contribution in [2.75, 3.05) is 26.8 Å². The molecule has 6 heteroatoms. The first-order valence-corrected chi connectivity index (χ1v) is 6.94. The van der Waals surface area contributed by atoms with E-state index in [4.69, 9.17) is 10.5 Å². The number of hydrogen-bond donors (Lipinski definition) is 2. The number of hydrogen-bond acceptors (Lipinski definition) is 4. The molecule has 0 aromatic heterocycles. The van der Waals surface area contributed by atoms with Crippen molar-refractivity contribution in [3.63, 3.8) is 0 Å². The third kappa shape index (κ3) is 3.45. The van der Waals surface area contributed by atoms with Gasteiger partial charge in [-0.3, -0.25) is 9.59 Å². The van der Waals surface area contributed by atoms with Crippen molar-refractivity contribution in [1.29, 1.82) is 0 Å². The van der Waals surface area contributed by atoms with Crippen LogP contribution in [0.1, 0.15) is 25.7 Å². The minimum Gasteiger partial charge on any atom is -0.385 e. The third-order valence-electron chi connectivity index (χ3n) is 4.08. The van der Waals surface area contributed by atoms with Crippen molar-refractivity contribution in [2.45, 2.75) is 37.8 Å². The summed E-state index contributed by atoms with van der Waals surface area (Å²) in [7, 11) is 1.60. The smallest absolute Gasteiger partial charge is 0.239 e. The molecule has 2 fully saturated rings. The van der Waals surface area contributed by atoms with Gasteiger partial charge >= 0.3 is 0 Å². The van der Waals surface area contributed by atoms with Crippen LogP contribution in [0.4, 0.5) is 0 Å². The maximum Gasteiger partial charge on any atom is 0.239 e. The second-order valence-corrected chi connectivity index (χ2v) is 5.43. The maximum atomic E-state index is 12.2. The summed E-state index contributed by atoms with van der Waals surface area (Å²) in [5.41, 5.74) is 5.88. The first kappa shape index (κ1) is 14.3. The van der Waals surface area contributed by atoms with Crippen LogP contribution in [-0.2, 0) is 14.3 Å². The molecule has 3 unspecified atom stereocenters. The van der Waals surface area contributed by atoms with Crippen molar-refractivity contribution < 1.29 is 14.3 Å². The standard InChI is InChI=1S/C13H23N3O3/c1-19-7-5-10(14)13(18)16-6-4-11-9(8-16)2-3-12(17)15-11/h9-11H,2-8,14H2,1H3,(H,15,17). The molecule has 0 radical (unpaired) electrons. The number of nitrogens with zero attached hydrogens (tertiary/aromatic N) is 1. The van der Waals surface area contributed by atoms with E-state index in [1.807, 2.05) is 4.90 Å². The van der Waals surface area contributed by atoms with Crippen LogP contribution < -0.4 is 11.1 Å². The van der Waals surface area contributed by atoms with Gasteiger partial charge in [-0.05, 0) is 25.2 Å². The third-order valence-corrected chi connectivity index (χ3v) is 4.08. The van der Waals surface area contributed by atoms with Gasteiger partial charge in [0.25, 0.3) is 0 Å². The Hall–Kier alpha value is -1.14. The van der Waals surface area contributed by atoms with E-state index in [1.54, 1.807) is 7.11 Å². The molecule has 3 N–H and O–H groups in total. The molecule has 2 heterocycles. The first-order valence-electron chi connectivity index (χ1n) is 6.94. The number of nitrogens with two attached hydrogens (primary N) is 1. The van der Waals surface area contributed by atoms with E-state index in [0.717, 1.165) is 12.8 Å². The highest BCUT2D eigenvalue weighted by molar-refractivity contribution is 5.82. The Morgan fingerprint density at radius 3 is 3.11 bits per heavy atom. The number of fused-ring (bicyclic) bond motifs is 1. The second-order valence-electron chi connectivity index (χ2n) is 5.43. The number of carbonyl (C=O) groups excluding carboxylic acids is 2. The largest absolute Gasteiger partial charge is 0.385 e. The molecule has 19 heavy (non-hydrogen) atoms. The van der Waals surface area contributed by atoms with Gasteiger partial charge in [0.1, 0.15) is 0 Å². The summed E-state index contributed by atoms with van der Waals surface area (Å²) in [6, 6.07) is -0.241. The zero-order valence-corrected chi connectivity index (χ0v) is 11.4. The Morgan fingerprint density at radius 1 is 1.58 bits per heavy atom. The van der Waals surface area contributed by atoms with Crippen LogP contribution in [0, 0.1) is 5.92 Å². The Labute approximate surface area is 113 Å². The van der Waals surface area contributed by atoms with E-state index in [2.05, 4.69) is 5.32 Å². The SMILES string of the molecule is COCCC(N)C(=O)N1CCC2NC(=O)CCC2C1. The number of amides is 2. The van der Waals surface area contributed by atoms with Crippen molar-refractivity contribution in [3.05, 3.63) is 0 Å². The summed E-state index contributed by atoms with van der Waals surface area (Å²) in [5.74, 6) is 0.523. The number of ether oxygens (including phenoxy) is 1. The van der Waals surface area contributed by atoms with E-state index >= 15 is 0 Å². The molecular formula is C13H23N3O3. The van der Waals surface area contributed by atoms with Gasteiger partial charge in [-0.1, -0.05) is 0 Å². The van der Waals surface area contributed by atoms with Crippen molar-refractivity contribution in [2.24, 2.45) is 11.7 Å². The number of likely N-dealkylation sites (tertiary alicyclic amines) is 1. The highest BCUT2D eigenvalue weighted by Crippen LogP contribution is 2.25. The number of nitrogens with one attached hydrogen (secondary N) is 1. The monoisotopic (exact) mass is 269 g/mol. The van der Waals surface area contributed by atoms with E-state index in [0.29, 0.717) is 38.5 Å². The normalized spacial score (nSPS) is 28.5. The Kier molecular flexibility index (Phi) is 4.76. The van der Waals surface area contributed by atoms with Crippen LogP contribution >= 0.6 is 0 Å². The lowest BCUT2D eigenvalue weighted by Gasteiger charge is -2.42. The van der Waals surface area contributed by atoms with Crippen LogP contribution in [-0.4, -0.2) is 55.6 Å². The lowest BCUT2D eigenvalue weighted by molar-refractivity contribution is -0.136. The molecular weight excluding hydrogens is 246 g/mol. The molecule has 2 rings (SSSR count). The molecule has 0 saturated carbocycles. The summed E-state index contributed by atoms with van der Waals surface area (Å²) in [5, 5.41) is 3.01. The molecule has 2 amide bonds. The lowest BCUT2D eigenvalue weighted by atomic mass is 9.85. The van der Waals surface area contributed by atoms with E-state index in [9.17, 15) is 9.59 Å². The summed E-state index contributed by atoms with van der Waals surface area (Å²) in [6.45, 7) is 1.90. The fourth-order valence-corrected chi connectivity index (χ4v) is 2.91. The average Bonchev–Trinajstić information content (AvgIpc) is 2.43. The quantitative estimate of drug-likeness (QED) is 0.719. The number of piperidine rings is 2. The first-order chi connectivity index (χ1) is 9.11. The Bertz CT molecular complexity index is 348. The van der Waals surface area contributed by atoms with Gasteiger partial charge < -0.3 is 20.7 Å². The van der Waals surface area contributed by atoms with Gasteiger partial charge in [0.05, 0.1) is 6.04 Å². The van der Waals surface area contributed by atoms with Gasteiger partial charge in [-0.15, -0.1) is 0 Å². The minimum atomic E-state index is -0.477. The van der Waals surface area contributed by atoms with E-state index in [-0.39, 0.29) is 17.9 Å². The number of carbonyl (C=O) groups is 2. The molecule has 2 aliphatic heterocycles. The zero-order chi connectivity index (χ0) is 13.8. The highest BCUT2D eigenvalue weighted by Gasteiger charge is 2.36. The molecule has 0 aromatic carbocycles. The molecule has 0 spiro atoms. The minimum absolute atomic E-state index is 0.00685. The second kappa shape index (κ2) is 6.34. The average molecular weight is 269 g/mol. The van der Waals surface area contributed by atoms with Crippen molar-refractivity contribution in [3.8, 4) is 0 Å². The van der Waals surface area contributed by atoms with Crippen LogP contribution in [0.3, 0.4) is 0 Å². The van der Waals surface area contributed by atoms with Crippen LogP contribution in [0.2, 0.25) is 0 Å². The fraction of sp³-hybridized carbons (Fsp3) is 0.846. The molecule has 108 valence electrons. The van der Waals surface area contributed by atoms with Crippen molar-refractivity contribution in [1.82, 2.24) is 10.2 Å². The maximum absolute atomic E-state index is 12.2. The predicted molar refractivity (Wildman–Crippen MR) is 70.3 cm³/mol. The summed E-state index contributed by atoms with van der Waals surface area (Å²) >= 11 is 0. The molecule has 6 nitrogen and oxygen atoms in total. The number of methoxy groups -OCH3 is 1. The van der Waals surface area contributed by atoms with Crippen LogP contribution in [0.25, 0.3) is 0 Å². The molecule has 0 aromatic rings. The molecule has 0 aliphatic carbocycles. The fourth-order valence-electron chi connectivity index (χ4n) is 2.91. The van der Waals surface area contributed by atoms with Gasteiger partial charge in [0.15, 0.2) is 0 Å². The summed E-state index contributed by atoms with van der Waals surface area (Å²) in [4.78, 5) is 25.4. The summed E-state index contributed by atoms with van der Waals surface area (Å²) in [6.07, 6.45) is 2.82. The van der Waals surface area contributed by atoms with E-state index < -0.39 is 6.04 Å². The van der Waals surface area contributed by atoms with Gasteiger partial charge in [-0.25, -0.2) is 0 Å². The van der Waals surface area contributed by atoms with Crippen LogP contribution in [0.15, 0.2) is 0 Å². The Morgan fingerprint density at radius 2 is 2.37 bits per heavy atom. The van der Waals surface area contributed by atoms with Crippen LogP contribution in [0.5, 0.6) is 0 Å². The highest BCUT2D eigenvalue weighted by atomic mass is 16.5. The molecule has 0 bridgehead atoms. The lowest BCUT2D eigenvalue weighted by Crippen LogP contribution is -2.57. The Balaban J connectivity index is 1.86.